The van der Waals surface area contributed by atoms with E-state index in [9.17, 15) is 4.79 Å². The molecule has 1 unspecified atom stereocenters. The van der Waals surface area contributed by atoms with Crippen molar-refractivity contribution in [1.29, 1.82) is 0 Å². The van der Waals surface area contributed by atoms with Crippen molar-refractivity contribution in [1.82, 2.24) is 4.98 Å². The van der Waals surface area contributed by atoms with Gasteiger partial charge in [-0.25, -0.2) is 4.98 Å². The molecule has 20 heavy (non-hydrogen) atoms. The number of para-hydroxylation sites is 1. The summed E-state index contributed by atoms with van der Waals surface area (Å²) in [6.07, 6.45) is 2.50. The first kappa shape index (κ1) is 12.7. The number of aromatic nitrogens is 1. The van der Waals surface area contributed by atoms with Gasteiger partial charge >= 0.3 is 0 Å². The molecule has 0 spiro atoms. The van der Waals surface area contributed by atoms with E-state index in [2.05, 4.69) is 18.0 Å². The van der Waals surface area contributed by atoms with Gasteiger partial charge in [-0.05, 0) is 37.1 Å². The fraction of sp³-hybridized carbons (Fsp3) is 0.250. The first-order valence-corrected chi connectivity index (χ1v) is 6.63. The highest BCUT2D eigenvalue weighted by Crippen LogP contribution is 2.33. The smallest absolute Gasteiger partial charge is 0.264 e. The van der Waals surface area contributed by atoms with E-state index in [4.69, 9.17) is 4.74 Å². The predicted molar refractivity (Wildman–Crippen MR) is 77.2 cm³/mol. The first-order chi connectivity index (χ1) is 9.72. The largest absolute Gasteiger partial charge is 0.480 e. The fourth-order valence-electron chi connectivity index (χ4n) is 2.72. The normalized spacial score (nSPS) is 16.9. The number of methoxy groups -OCH3 is 1. The third-order valence-electron chi connectivity index (χ3n) is 3.62. The van der Waals surface area contributed by atoms with Gasteiger partial charge in [-0.2, -0.15) is 0 Å². The second kappa shape index (κ2) is 4.96. The zero-order valence-electron chi connectivity index (χ0n) is 11.5. The summed E-state index contributed by atoms with van der Waals surface area (Å²) in [5.41, 5.74) is 2.69. The van der Waals surface area contributed by atoms with Gasteiger partial charge in [0.1, 0.15) is 5.56 Å². The molecule has 2 heterocycles. The second-order valence-electron chi connectivity index (χ2n) is 4.92. The number of benzene rings is 1. The van der Waals surface area contributed by atoms with Crippen molar-refractivity contribution in [2.75, 3.05) is 12.0 Å². The Morgan fingerprint density at radius 2 is 2.10 bits per heavy atom. The van der Waals surface area contributed by atoms with E-state index in [1.165, 1.54) is 12.7 Å². The molecule has 0 saturated carbocycles. The Morgan fingerprint density at radius 3 is 2.90 bits per heavy atom. The Balaban J connectivity index is 2.03. The Morgan fingerprint density at radius 1 is 1.30 bits per heavy atom. The maximum atomic E-state index is 12.8. The van der Waals surface area contributed by atoms with Crippen molar-refractivity contribution in [2.24, 2.45) is 0 Å². The van der Waals surface area contributed by atoms with Gasteiger partial charge in [-0.1, -0.05) is 18.2 Å². The van der Waals surface area contributed by atoms with Crippen LogP contribution in [0.4, 0.5) is 5.69 Å². The van der Waals surface area contributed by atoms with Gasteiger partial charge in [0.15, 0.2) is 0 Å². The van der Waals surface area contributed by atoms with Crippen molar-refractivity contribution < 1.29 is 9.53 Å². The number of rotatable bonds is 2. The predicted octanol–water partition coefficient (Wildman–Crippen LogP) is 2.68. The van der Waals surface area contributed by atoms with E-state index in [1.54, 1.807) is 18.3 Å². The molecule has 0 saturated heterocycles. The number of carbonyl (C=O) groups is 1. The summed E-state index contributed by atoms with van der Waals surface area (Å²) in [5.74, 6) is 0.307. The number of carbonyl (C=O) groups excluding carboxylic acids is 1. The monoisotopic (exact) mass is 268 g/mol. The van der Waals surface area contributed by atoms with Gasteiger partial charge in [0.25, 0.3) is 5.91 Å². The van der Waals surface area contributed by atoms with Crippen LogP contribution < -0.4 is 9.64 Å². The molecule has 1 aromatic heterocycles. The van der Waals surface area contributed by atoms with E-state index >= 15 is 0 Å². The van der Waals surface area contributed by atoms with Crippen LogP contribution in [0.5, 0.6) is 5.88 Å². The molecule has 1 atom stereocenters. The highest BCUT2D eigenvalue weighted by Gasteiger charge is 2.32. The van der Waals surface area contributed by atoms with Crippen molar-refractivity contribution in [2.45, 2.75) is 19.4 Å². The third-order valence-corrected chi connectivity index (χ3v) is 3.62. The summed E-state index contributed by atoms with van der Waals surface area (Å²) >= 11 is 0. The van der Waals surface area contributed by atoms with Crippen LogP contribution >= 0.6 is 0 Å². The second-order valence-corrected chi connectivity index (χ2v) is 4.92. The molecule has 4 heteroatoms. The van der Waals surface area contributed by atoms with Crippen molar-refractivity contribution in [3.8, 4) is 5.88 Å². The van der Waals surface area contributed by atoms with Crippen LogP contribution in [-0.2, 0) is 6.42 Å². The van der Waals surface area contributed by atoms with E-state index in [0.717, 1.165) is 12.1 Å². The number of pyridine rings is 1. The number of nitrogens with zero attached hydrogens (tertiary/aromatic N) is 2. The number of anilines is 1. The average molecular weight is 268 g/mol. The van der Waals surface area contributed by atoms with Gasteiger partial charge < -0.3 is 9.64 Å². The van der Waals surface area contributed by atoms with Gasteiger partial charge in [-0.3, -0.25) is 4.79 Å². The average Bonchev–Trinajstić information content (AvgIpc) is 2.82. The van der Waals surface area contributed by atoms with Crippen LogP contribution in [0.3, 0.4) is 0 Å². The van der Waals surface area contributed by atoms with Crippen LogP contribution in [0, 0.1) is 0 Å². The summed E-state index contributed by atoms with van der Waals surface area (Å²) in [7, 11) is 1.53. The SMILES string of the molecule is COc1ncccc1C(=O)N1c2ccccc2CC1C. The molecular weight excluding hydrogens is 252 g/mol. The molecular formula is C16H16N2O2. The van der Waals surface area contributed by atoms with E-state index in [1.807, 2.05) is 23.1 Å². The minimum Gasteiger partial charge on any atom is -0.480 e. The standard InChI is InChI=1S/C16H16N2O2/c1-11-10-12-6-3-4-8-14(12)18(11)16(19)13-7-5-9-17-15(13)20-2/h3-9,11H,10H2,1-2H3. The third kappa shape index (κ3) is 1.93. The molecule has 4 nitrogen and oxygen atoms in total. The van der Waals surface area contributed by atoms with Crippen LogP contribution in [0.2, 0.25) is 0 Å². The molecule has 102 valence electrons. The Kier molecular flexibility index (Phi) is 3.14. The summed E-state index contributed by atoms with van der Waals surface area (Å²) in [4.78, 5) is 18.7. The highest BCUT2D eigenvalue weighted by atomic mass is 16.5. The summed E-state index contributed by atoms with van der Waals surface area (Å²) in [6.45, 7) is 2.06. The number of fused-ring (bicyclic) bond motifs is 1. The zero-order chi connectivity index (χ0) is 14.1. The van der Waals surface area contributed by atoms with Crippen LogP contribution in [0.25, 0.3) is 0 Å². The Bertz CT molecular complexity index is 654. The minimum atomic E-state index is -0.0626. The molecule has 0 fully saturated rings. The molecule has 1 aromatic carbocycles. The lowest BCUT2D eigenvalue weighted by molar-refractivity contribution is 0.0978. The van der Waals surface area contributed by atoms with Crippen molar-refractivity contribution >= 4 is 11.6 Å². The Hall–Kier alpha value is -2.36. The number of hydrogen-bond donors (Lipinski definition) is 0. The number of ether oxygens (including phenoxy) is 1. The zero-order valence-corrected chi connectivity index (χ0v) is 11.5. The van der Waals surface area contributed by atoms with Crippen LogP contribution in [0.1, 0.15) is 22.8 Å². The molecule has 0 N–H and O–H groups in total. The highest BCUT2D eigenvalue weighted by molar-refractivity contribution is 6.09. The van der Waals surface area contributed by atoms with E-state index in [0.29, 0.717) is 11.4 Å². The number of hydrogen-bond acceptors (Lipinski definition) is 3. The molecule has 2 aromatic rings. The molecule has 1 aliphatic heterocycles. The quantitative estimate of drug-likeness (QED) is 0.841. The van der Waals surface area contributed by atoms with Crippen LogP contribution in [-0.4, -0.2) is 24.0 Å². The van der Waals surface area contributed by atoms with Gasteiger partial charge in [0, 0.05) is 17.9 Å². The summed E-state index contributed by atoms with van der Waals surface area (Å²) < 4.78 is 5.19. The van der Waals surface area contributed by atoms with Crippen molar-refractivity contribution in [3.05, 3.63) is 53.7 Å². The molecule has 1 aliphatic rings. The molecule has 1 amide bonds. The lowest BCUT2D eigenvalue weighted by Crippen LogP contribution is -2.36. The fourth-order valence-corrected chi connectivity index (χ4v) is 2.72. The van der Waals surface area contributed by atoms with Gasteiger partial charge in [-0.15, -0.1) is 0 Å². The number of amides is 1. The van der Waals surface area contributed by atoms with Gasteiger partial charge in [0.05, 0.1) is 7.11 Å². The van der Waals surface area contributed by atoms with Gasteiger partial charge in [0.2, 0.25) is 5.88 Å². The summed E-state index contributed by atoms with van der Waals surface area (Å²) in [5, 5.41) is 0. The molecule has 0 bridgehead atoms. The molecule has 3 rings (SSSR count). The minimum absolute atomic E-state index is 0.0626. The Labute approximate surface area is 118 Å². The maximum absolute atomic E-state index is 12.8. The molecule has 0 radical (unpaired) electrons. The van der Waals surface area contributed by atoms with E-state index in [-0.39, 0.29) is 11.9 Å². The van der Waals surface area contributed by atoms with Crippen molar-refractivity contribution in [3.63, 3.8) is 0 Å². The van der Waals surface area contributed by atoms with Crippen LogP contribution in [0.15, 0.2) is 42.6 Å². The topological polar surface area (TPSA) is 42.4 Å². The first-order valence-electron chi connectivity index (χ1n) is 6.63. The summed E-state index contributed by atoms with van der Waals surface area (Å²) in [6, 6.07) is 11.7. The lowest BCUT2D eigenvalue weighted by Gasteiger charge is -2.23. The van der Waals surface area contributed by atoms with E-state index < -0.39 is 0 Å². The lowest BCUT2D eigenvalue weighted by atomic mass is 10.1. The maximum Gasteiger partial charge on any atom is 0.264 e. The molecule has 0 aliphatic carbocycles.